The molecule has 1 atom stereocenters. The second-order valence-corrected chi connectivity index (χ2v) is 6.97. The third kappa shape index (κ3) is 3.95. The Bertz CT molecular complexity index is 762. The van der Waals surface area contributed by atoms with Gasteiger partial charge in [0.25, 0.3) is 0 Å². The maximum atomic E-state index is 13.7. The maximum Gasteiger partial charge on any atom is 0.391 e. The highest BCUT2D eigenvalue weighted by Gasteiger charge is 2.41. The Balaban J connectivity index is 1.82. The second kappa shape index (κ2) is 7.43. The Morgan fingerprint density at radius 2 is 1.77 bits per heavy atom. The predicted octanol–water partition coefficient (Wildman–Crippen LogP) is 5.86. The topological polar surface area (TPSA) is 29.5 Å². The zero-order valence-electron chi connectivity index (χ0n) is 14.5. The van der Waals surface area contributed by atoms with Crippen molar-refractivity contribution in [2.24, 2.45) is 5.92 Å². The van der Waals surface area contributed by atoms with E-state index >= 15 is 0 Å². The first-order valence-electron chi connectivity index (χ1n) is 8.82. The maximum absolute atomic E-state index is 13.7. The van der Waals surface area contributed by atoms with Crippen molar-refractivity contribution in [1.29, 1.82) is 0 Å². The molecule has 1 aliphatic rings. The fourth-order valence-electron chi connectivity index (χ4n) is 3.58. The fraction of sp³-hybridized carbons (Fsp3) is 0.500. The van der Waals surface area contributed by atoms with E-state index in [1.165, 1.54) is 0 Å². The molecule has 1 N–H and O–H groups in total. The van der Waals surface area contributed by atoms with Crippen molar-refractivity contribution in [2.45, 2.75) is 57.7 Å². The van der Waals surface area contributed by atoms with Crippen molar-refractivity contribution in [3.63, 3.8) is 0 Å². The molecule has 2 aromatic rings. The van der Waals surface area contributed by atoms with Crippen LogP contribution >= 0.6 is 0 Å². The summed E-state index contributed by atoms with van der Waals surface area (Å²) in [5, 5.41) is 11.2. The van der Waals surface area contributed by atoms with Crippen LogP contribution in [0, 0.1) is 5.92 Å². The highest BCUT2D eigenvalue weighted by atomic mass is 19.4. The van der Waals surface area contributed by atoms with Gasteiger partial charge in [-0.2, -0.15) is 13.2 Å². The molecule has 6 heteroatoms. The molecule has 26 heavy (non-hydrogen) atoms. The number of benzene rings is 2. The Labute approximate surface area is 149 Å². The molecule has 0 saturated heterocycles. The molecule has 1 saturated carbocycles. The molecule has 0 aliphatic heterocycles. The van der Waals surface area contributed by atoms with Gasteiger partial charge in [-0.05, 0) is 61.1 Å². The summed E-state index contributed by atoms with van der Waals surface area (Å²) in [5.74, 6) is -0.897. The molecule has 1 fully saturated rings. The smallest absolute Gasteiger partial charge is 0.391 e. The van der Waals surface area contributed by atoms with E-state index in [0.717, 1.165) is 5.39 Å². The summed E-state index contributed by atoms with van der Waals surface area (Å²) < 4.78 is 57.9. The number of halogens is 4. The van der Waals surface area contributed by atoms with E-state index in [4.69, 9.17) is 4.74 Å². The van der Waals surface area contributed by atoms with Gasteiger partial charge in [0.05, 0.1) is 18.1 Å². The van der Waals surface area contributed by atoms with Gasteiger partial charge < -0.3 is 9.84 Å². The number of aliphatic hydroxyl groups excluding tert-OH is 1. The molecular formula is C20H22F4O2. The van der Waals surface area contributed by atoms with E-state index in [0.29, 0.717) is 35.1 Å². The molecule has 142 valence electrons. The molecule has 0 heterocycles. The monoisotopic (exact) mass is 370 g/mol. The molecule has 2 aromatic carbocycles. The van der Waals surface area contributed by atoms with Gasteiger partial charge >= 0.3 is 6.18 Å². The summed E-state index contributed by atoms with van der Waals surface area (Å²) in [6, 6.07) is 8.82. The van der Waals surface area contributed by atoms with Crippen LogP contribution in [-0.2, 0) is 6.67 Å². The summed E-state index contributed by atoms with van der Waals surface area (Å²) in [7, 11) is 0. The molecule has 0 amide bonds. The van der Waals surface area contributed by atoms with Crippen LogP contribution in [0.2, 0.25) is 0 Å². The molecule has 0 spiro atoms. The van der Waals surface area contributed by atoms with Crippen LogP contribution in [0.15, 0.2) is 30.3 Å². The molecule has 1 unspecified atom stereocenters. The largest absolute Gasteiger partial charge is 0.490 e. The SMILES string of the molecule is CC(O)c1ccc2ccc(O[C@H]3CC[C@@H](C(F)(F)F)CC3)c(CF)c2c1. The van der Waals surface area contributed by atoms with E-state index in [2.05, 4.69) is 0 Å². The number of rotatable bonds is 4. The van der Waals surface area contributed by atoms with Crippen molar-refractivity contribution in [2.75, 3.05) is 0 Å². The second-order valence-electron chi connectivity index (χ2n) is 6.97. The van der Waals surface area contributed by atoms with Gasteiger partial charge in [-0.3, -0.25) is 0 Å². The number of ether oxygens (including phenoxy) is 1. The van der Waals surface area contributed by atoms with Crippen molar-refractivity contribution in [1.82, 2.24) is 0 Å². The van der Waals surface area contributed by atoms with Crippen LogP contribution in [-0.4, -0.2) is 17.4 Å². The first-order valence-corrected chi connectivity index (χ1v) is 8.82. The summed E-state index contributed by atoms with van der Waals surface area (Å²) >= 11 is 0. The Hall–Kier alpha value is -1.82. The lowest BCUT2D eigenvalue weighted by atomic mass is 9.87. The highest BCUT2D eigenvalue weighted by Crippen LogP contribution is 2.39. The lowest BCUT2D eigenvalue weighted by Gasteiger charge is -2.30. The van der Waals surface area contributed by atoms with Crippen LogP contribution in [0.3, 0.4) is 0 Å². The van der Waals surface area contributed by atoms with Gasteiger partial charge in [0.15, 0.2) is 0 Å². The molecule has 3 rings (SSSR count). The zero-order valence-corrected chi connectivity index (χ0v) is 14.5. The van der Waals surface area contributed by atoms with E-state index in [1.807, 2.05) is 6.07 Å². The number of alkyl halides is 4. The quantitative estimate of drug-likeness (QED) is 0.683. The van der Waals surface area contributed by atoms with Crippen molar-refractivity contribution < 1.29 is 27.4 Å². The minimum atomic E-state index is -4.16. The first-order chi connectivity index (χ1) is 12.3. The van der Waals surface area contributed by atoms with Gasteiger partial charge in [-0.1, -0.05) is 18.2 Å². The van der Waals surface area contributed by atoms with E-state index in [9.17, 15) is 22.7 Å². The Kier molecular flexibility index (Phi) is 5.42. The third-order valence-corrected chi connectivity index (χ3v) is 5.16. The van der Waals surface area contributed by atoms with Gasteiger partial charge in [0, 0.05) is 5.56 Å². The van der Waals surface area contributed by atoms with Crippen LogP contribution in [0.5, 0.6) is 5.75 Å². The lowest BCUT2D eigenvalue weighted by molar-refractivity contribution is -0.185. The lowest BCUT2D eigenvalue weighted by Crippen LogP contribution is -2.32. The summed E-state index contributed by atoms with van der Waals surface area (Å²) in [5.41, 5.74) is 1.05. The predicted molar refractivity (Wildman–Crippen MR) is 91.8 cm³/mol. The Morgan fingerprint density at radius 3 is 2.35 bits per heavy atom. The third-order valence-electron chi connectivity index (χ3n) is 5.16. The highest BCUT2D eigenvalue weighted by molar-refractivity contribution is 5.88. The zero-order chi connectivity index (χ0) is 18.9. The molecule has 0 aromatic heterocycles. The number of fused-ring (bicyclic) bond motifs is 1. The number of aliphatic hydroxyl groups is 1. The molecule has 1 aliphatic carbocycles. The minimum absolute atomic E-state index is 0.0406. The summed E-state index contributed by atoms with van der Waals surface area (Å²) in [6.45, 7) is 0.892. The van der Waals surface area contributed by atoms with Crippen molar-refractivity contribution >= 4 is 10.8 Å². The molecular weight excluding hydrogens is 348 g/mol. The van der Waals surface area contributed by atoms with Gasteiger partial charge in [-0.25, -0.2) is 4.39 Å². The number of hydrogen-bond acceptors (Lipinski definition) is 2. The normalized spacial score (nSPS) is 22.4. The van der Waals surface area contributed by atoms with E-state index < -0.39 is 24.9 Å². The van der Waals surface area contributed by atoms with Crippen LogP contribution < -0.4 is 4.74 Å². The van der Waals surface area contributed by atoms with Gasteiger partial charge in [0.1, 0.15) is 12.4 Å². The van der Waals surface area contributed by atoms with Crippen molar-refractivity contribution in [3.8, 4) is 5.75 Å². The summed E-state index contributed by atoms with van der Waals surface area (Å²) in [4.78, 5) is 0. The molecule has 0 radical (unpaired) electrons. The van der Waals surface area contributed by atoms with E-state index in [1.54, 1.807) is 31.2 Å². The standard InChI is InChI=1S/C20H22F4O2/c1-12(25)14-3-2-13-4-9-19(18(11-21)17(13)10-14)26-16-7-5-15(6-8-16)20(22,23)24/h2-4,9-10,12,15-16,25H,5-8,11H2,1H3/t12?,15-,16+. The van der Waals surface area contributed by atoms with Gasteiger partial charge in [-0.15, -0.1) is 0 Å². The van der Waals surface area contributed by atoms with Crippen LogP contribution in [0.4, 0.5) is 17.6 Å². The first kappa shape index (κ1) is 19.0. The summed E-state index contributed by atoms with van der Waals surface area (Å²) in [6.07, 6.45) is -4.47. The van der Waals surface area contributed by atoms with Crippen LogP contribution in [0.1, 0.15) is 49.8 Å². The molecule has 2 nitrogen and oxygen atoms in total. The molecule has 0 bridgehead atoms. The number of hydrogen-bond donors (Lipinski definition) is 1. The average molecular weight is 370 g/mol. The van der Waals surface area contributed by atoms with E-state index in [-0.39, 0.29) is 18.9 Å². The van der Waals surface area contributed by atoms with Crippen molar-refractivity contribution in [3.05, 3.63) is 41.5 Å². The fourth-order valence-corrected chi connectivity index (χ4v) is 3.58. The van der Waals surface area contributed by atoms with Gasteiger partial charge in [0.2, 0.25) is 0 Å². The Morgan fingerprint density at radius 1 is 1.12 bits per heavy atom. The minimum Gasteiger partial charge on any atom is -0.490 e. The average Bonchev–Trinajstić information content (AvgIpc) is 2.60. The van der Waals surface area contributed by atoms with Crippen LogP contribution in [0.25, 0.3) is 10.8 Å².